The third-order valence-electron chi connectivity index (χ3n) is 21.0. The molecular weight excluding hydrogens is 1990 g/mol. The number of phenolic OH excluding ortho intramolecular Hbond substituents is 3. The number of carbonyl (C=O) groups is 5. The number of amides is 3. The predicted octanol–water partition coefficient (Wildman–Crippen LogP) is 26.5. The van der Waals surface area contributed by atoms with Crippen LogP contribution in [-0.4, -0.2) is 117 Å². The maximum atomic E-state index is 12.4. The molecular formula is C92H136B2Br5Cl4N8O11S. The Bertz CT molecular complexity index is 4150. The molecule has 6 heterocycles. The molecule has 0 spiro atoms. The van der Waals surface area contributed by atoms with E-state index in [1.165, 1.54) is 40.9 Å². The monoisotopic (exact) mass is 2120 g/mol. The van der Waals surface area contributed by atoms with Crippen molar-refractivity contribution in [1.29, 1.82) is 5.26 Å². The summed E-state index contributed by atoms with van der Waals surface area (Å²) in [7, 11) is 9.49. The molecule has 11 aliphatic rings. The number of alkyl halides is 2. The number of nitrogens with one attached hydrogen (secondary N) is 3. The second-order valence-corrected chi connectivity index (χ2v) is 40.1. The molecule has 0 aromatic heterocycles. The van der Waals surface area contributed by atoms with Gasteiger partial charge < -0.3 is 60.2 Å². The Hall–Kier alpha value is -5.40. The van der Waals surface area contributed by atoms with Gasteiger partial charge in [-0.05, 0) is 302 Å². The number of benzene rings is 6. The molecule has 1 radical (unpaired) electrons. The quantitative estimate of drug-likeness (QED) is 0.0324. The van der Waals surface area contributed by atoms with Crippen LogP contribution in [-0.2, 0) is 62.5 Å². The van der Waals surface area contributed by atoms with Crippen LogP contribution in [0.1, 0.15) is 229 Å². The van der Waals surface area contributed by atoms with Gasteiger partial charge in [-0.1, -0.05) is 74.9 Å². The molecule has 6 aromatic rings. The zero-order valence-corrected chi connectivity index (χ0v) is 80.2. The number of hydrogen-bond donors (Lipinski definition) is 7. The predicted molar refractivity (Wildman–Crippen MR) is 545 cm³/mol. The van der Waals surface area contributed by atoms with Gasteiger partial charge in [0.2, 0.25) is 28.2 Å². The molecule has 685 valence electrons. The Labute approximate surface area is 807 Å². The first-order chi connectivity index (χ1) is 55.4. The molecule has 0 unspecified atom stereocenters. The van der Waals surface area contributed by atoms with E-state index in [1.807, 2.05) is 93.6 Å². The molecule has 5 fully saturated rings. The molecule has 6 aliphatic heterocycles. The fourth-order valence-electron chi connectivity index (χ4n) is 14.1. The van der Waals surface area contributed by atoms with Crippen molar-refractivity contribution in [3.63, 3.8) is 0 Å². The third-order valence-corrected chi connectivity index (χ3v) is 22.3. The molecule has 0 saturated heterocycles. The van der Waals surface area contributed by atoms with E-state index in [4.69, 9.17) is 65.9 Å². The number of hydrogen-bond acceptors (Lipinski definition) is 17. The Morgan fingerprint density at radius 3 is 1.02 bits per heavy atom. The van der Waals surface area contributed by atoms with Crippen LogP contribution in [0.3, 0.4) is 0 Å². The zero-order chi connectivity index (χ0) is 85.6. The van der Waals surface area contributed by atoms with E-state index in [2.05, 4.69) is 164 Å². The van der Waals surface area contributed by atoms with Crippen LogP contribution in [0.5, 0.6) is 34.5 Å². The number of nitrogens with zero attached hydrogens (tertiary/aromatic N) is 5. The summed E-state index contributed by atoms with van der Waals surface area (Å²) >= 11 is 36.0. The Morgan fingerprint density at radius 1 is 0.455 bits per heavy atom. The summed E-state index contributed by atoms with van der Waals surface area (Å²) < 4.78 is 19.7. The van der Waals surface area contributed by atoms with Gasteiger partial charge in [0.25, 0.3) is 0 Å². The maximum absolute atomic E-state index is 12.4. The number of rotatable bonds is 8. The molecule has 3 amide bonds. The number of anilines is 6. The van der Waals surface area contributed by atoms with Gasteiger partial charge in [-0.15, -0.1) is 87.5 Å². The number of aromatic hydroxyl groups is 3. The zero-order valence-electron chi connectivity index (χ0n) is 68.3. The number of methoxy groups -OCH3 is 3. The van der Waals surface area contributed by atoms with Crippen LogP contribution in [0.2, 0.25) is 0 Å². The van der Waals surface area contributed by atoms with E-state index in [9.17, 15) is 39.3 Å². The van der Waals surface area contributed by atoms with E-state index in [-0.39, 0.29) is 139 Å². The van der Waals surface area contributed by atoms with Crippen molar-refractivity contribution in [2.45, 2.75) is 275 Å². The second kappa shape index (κ2) is 60.4. The average Bonchev–Trinajstić information content (AvgIpc) is 1.68. The minimum atomic E-state index is -0.222. The fourth-order valence-corrected chi connectivity index (χ4v) is 14.9. The Kier molecular flexibility index (Phi) is 58.8. The standard InChI is InChI=1S/C15H19NO2.C14H16BrNO2.C14H17NO2.2C11H15NO.C10H13NO.2C4H5ClO.C2H4Cl2.CHN.6CH4.BBr3.BHNS.BrH/c1-10-6-9-12-13(4-3-5-14(12)18-2)16(10)15(17)11-7-8-11;1-8-2-5-10-12(7-6-11(15)13(10)17)16(8)14(18)9-3-4-9;1-9-5-8-11-12(3-2-4-13(11)16)15(9)14(17)10-6-7-10;2*1-8-6-7-9-10(12-8)4-3-5-11(9)13-2;1-7-5-6-8-9(11-7)3-2-4-10(8)12;2*5-4(6)3-1-2-3;1-2(3)4;1-2;;;;;;;2-1(3)4;1-2-3;/h3-5,10-11H,6-9H2,1-2H3;6-9,17H,2-5H2,1H3;2-4,9-10,16H,5-8H2,1H3;2*3-5,8,12H,6-7H2,1-2H3;2-4,7,11-12H,5-6H2,1H3;2*3H,1-2H2;2H,1H3;1H;6*1H4;;3H;1H/t10-;8-;9-;2*8-;7-;;;;;;;;;;;;;/m000000............./s1. The summed E-state index contributed by atoms with van der Waals surface area (Å²) in [4.78, 5) is 62.6. The summed E-state index contributed by atoms with van der Waals surface area (Å²) in [5.41, 5.74) is 13.2. The van der Waals surface area contributed by atoms with Crippen molar-refractivity contribution >= 4 is 213 Å². The fraction of sp³-hybridized carbons (Fsp3) is 0.543. The molecule has 5 saturated carbocycles. The van der Waals surface area contributed by atoms with Crippen LogP contribution in [0.15, 0.2) is 112 Å². The topological polar surface area (TPSA) is 256 Å². The third kappa shape index (κ3) is 38.1. The number of halogens is 9. The van der Waals surface area contributed by atoms with E-state index >= 15 is 0 Å². The van der Waals surface area contributed by atoms with Gasteiger partial charge in [-0.3, -0.25) is 24.0 Å². The van der Waals surface area contributed by atoms with Crippen molar-refractivity contribution in [2.24, 2.45) is 33.9 Å². The molecule has 0 bridgehead atoms. The van der Waals surface area contributed by atoms with Gasteiger partial charge in [0.15, 0.2) is 0 Å². The summed E-state index contributed by atoms with van der Waals surface area (Å²) in [5, 5.41) is 45.9. The number of ether oxygens (including phenoxy) is 3. The Balaban J connectivity index is 0. The second-order valence-electron chi connectivity index (χ2n) is 30.3. The first-order valence-corrected chi connectivity index (χ1v) is 45.2. The summed E-state index contributed by atoms with van der Waals surface area (Å²) in [6.45, 7) is 18.1. The molecule has 31 heteroatoms. The van der Waals surface area contributed by atoms with Crippen LogP contribution in [0.4, 0.5) is 34.1 Å². The van der Waals surface area contributed by atoms with Crippen molar-refractivity contribution < 1.29 is 53.5 Å². The summed E-state index contributed by atoms with van der Waals surface area (Å²) in [6.07, 6.45) is 22.5. The van der Waals surface area contributed by atoms with Crippen LogP contribution in [0.25, 0.3) is 0 Å². The van der Waals surface area contributed by atoms with E-state index in [0.29, 0.717) is 46.0 Å². The molecule has 123 heavy (non-hydrogen) atoms. The number of phenols is 3. The molecule has 5 aliphatic carbocycles. The summed E-state index contributed by atoms with van der Waals surface area (Å²) in [6, 6.07) is 35.7. The first kappa shape index (κ1) is 120. The molecule has 6 N–H and O–H groups in total. The van der Waals surface area contributed by atoms with Crippen LogP contribution in [0, 0.1) is 41.4 Å². The summed E-state index contributed by atoms with van der Waals surface area (Å²) in [5.74, 6) is 5.90. The van der Waals surface area contributed by atoms with Crippen molar-refractivity contribution in [2.75, 3.05) is 52.0 Å². The van der Waals surface area contributed by atoms with Crippen molar-refractivity contribution in [1.82, 2.24) is 0 Å². The number of fused-ring (bicyclic) bond motifs is 6. The van der Waals surface area contributed by atoms with Gasteiger partial charge in [-0.2, -0.15) is 0 Å². The van der Waals surface area contributed by atoms with E-state index in [1.54, 1.807) is 40.4 Å². The SMILES string of the molecule is Br.BrB(Br)Br.C.C.C.C.C.C.C#N.CC(Cl)Cl.COc1cccc2c1CC[C@H](C)N2.COc1cccc2c1CC[C@H](C)N2.COc1cccc2c1CC[C@H](C)N2C(=O)C1CC1.C[C@H]1CCc2c(O)cccc2N1.C[C@H]1CCc2c(O)cccc2N1C(=O)C1CC1.C[C@H]1CCc2c(ccc(Br)c2O)N1C(=O)C1CC1.O=C(Cl)C1CC1.O=C(Cl)C1CC1.[B]=NS. The Morgan fingerprint density at radius 2 is 0.707 bits per heavy atom. The first-order valence-electron chi connectivity index (χ1n) is 39.7. The van der Waals surface area contributed by atoms with Crippen LogP contribution < -0.4 is 44.9 Å². The van der Waals surface area contributed by atoms with E-state index in [0.717, 1.165) is 185 Å². The average molecular weight is 2130 g/mol. The number of carbonyl (C=O) groups excluding carboxylic acids is 5. The van der Waals surface area contributed by atoms with Gasteiger partial charge >= 0.3 is 27.9 Å². The van der Waals surface area contributed by atoms with Gasteiger partial charge in [0.05, 0.1) is 42.9 Å². The van der Waals surface area contributed by atoms with Crippen molar-refractivity contribution in [3.8, 4) is 41.1 Å². The van der Waals surface area contributed by atoms with Gasteiger partial charge in [0, 0.05) is 123 Å². The van der Waals surface area contributed by atoms with Crippen LogP contribution >= 0.6 is 139 Å². The molecule has 17 rings (SSSR count). The number of nitriles is 1. The van der Waals surface area contributed by atoms with Gasteiger partial charge in [-0.25, -0.2) is 5.26 Å². The molecule has 19 nitrogen and oxygen atoms in total. The molecule has 6 aromatic carbocycles. The number of thiol groups is 1. The van der Waals surface area contributed by atoms with Crippen molar-refractivity contribution in [3.05, 3.63) is 141 Å². The molecule has 6 atom stereocenters. The van der Waals surface area contributed by atoms with E-state index < -0.39 is 0 Å². The minimum absolute atomic E-state index is 0. The van der Waals surface area contributed by atoms with Gasteiger partial charge in [0.1, 0.15) is 39.3 Å². The normalized spacial score (nSPS) is 18.9.